The molecule has 3 nitrogen and oxygen atoms in total. The van der Waals surface area contributed by atoms with Crippen LogP contribution in [0.25, 0.3) is 5.69 Å². The van der Waals surface area contributed by atoms with Crippen LogP contribution in [0, 0.1) is 0 Å². The average molecular weight is 245 g/mol. The minimum atomic E-state index is 0.724. The second-order valence-electron chi connectivity index (χ2n) is 4.33. The lowest BCUT2D eigenvalue weighted by atomic mass is 10.3. The van der Waals surface area contributed by atoms with Gasteiger partial charge in [0.2, 0.25) is 5.16 Å². The number of nitrogens with zero attached hydrogens (tertiary/aromatic N) is 3. The molecule has 4 heteroatoms. The fourth-order valence-electron chi connectivity index (χ4n) is 2.16. The van der Waals surface area contributed by atoms with Crippen molar-refractivity contribution in [2.24, 2.45) is 0 Å². The highest BCUT2D eigenvalue weighted by molar-refractivity contribution is 7.99. The van der Waals surface area contributed by atoms with Gasteiger partial charge in [0, 0.05) is 5.25 Å². The smallest absolute Gasteiger partial charge is 0.209 e. The van der Waals surface area contributed by atoms with E-state index >= 15 is 0 Å². The molecule has 0 N–H and O–H groups in total. The highest BCUT2D eigenvalue weighted by Gasteiger charge is 2.18. The van der Waals surface area contributed by atoms with Crippen LogP contribution >= 0.6 is 11.8 Å². The van der Waals surface area contributed by atoms with E-state index in [9.17, 15) is 0 Å². The third-order valence-corrected chi connectivity index (χ3v) is 4.27. The first kappa shape index (κ1) is 10.8. The standard InChI is InChI=1S/C13H15N3S/c1-2-6-11(7-3-1)16-10-14-13(15-16)17-12-8-4-5-9-12/h1-3,6-7,10,12H,4-5,8-9H2. The normalized spacial score (nSPS) is 16.5. The number of thioether (sulfide) groups is 1. The van der Waals surface area contributed by atoms with E-state index < -0.39 is 0 Å². The summed E-state index contributed by atoms with van der Waals surface area (Å²) in [5, 5.41) is 6.14. The van der Waals surface area contributed by atoms with E-state index in [1.165, 1.54) is 25.7 Å². The van der Waals surface area contributed by atoms with E-state index in [0.29, 0.717) is 0 Å². The molecule has 1 aliphatic carbocycles. The molecule has 3 rings (SSSR count). The summed E-state index contributed by atoms with van der Waals surface area (Å²) in [5.41, 5.74) is 1.07. The van der Waals surface area contributed by atoms with Gasteiger partial charge in [0.25, 0.3) is 0 Å². The van der Waals surface area contributed by atoms with Gasteiger partial charge in [-0.3, -0.25) is 0 Å². The molecule has 0 spiro atoms. The van der Waals surface area contributed by atoms with Crippen molar-refractivity contribution in [1.29, 1.82) is 0 Å². The molecule has 1 fully saturated rings. The summed E-state index contributed by atoms with van der Waals surface area (Å²) in [7, 11) is 0. The maximum absolute atomic E-state index is 4.51. The van der Waals surface area contributed by atoms with Crippen LogP contribution in [0.1, 0.15) is 25.7 Å². The van der Waals surface area contributed by atoms with Crippen molar-refractivity contribution in [3.05, 3.63) is 36.7 Å². The lowest BCUT2D eigenvalue weighted by Crippen LogP contribution is -1.96. The first-order valence-electron chi connectivity index (χ1n) is 6.05. The Bertz CT molecular complexity index is 474. The van der Waals surface area contributed by atoms with Crippen LogP contribution in [-0.2, 0) is 0 Å². The van der Waals surface area contributed by atoms with Gasteiger partial charge in [-0.05, 0) is 25.0 Å². The number of para-hydroxylation sites is 1. The molecule has 1 aromatic heterocycles. The van der Waals surface area contributed by atoms with Crippen LogP contribution in [0.5, 0.6) is 0 Å². The molecule has 0 radical (unpaired) electrons. The van der Waals surface area contributed by atoms with Crippen LogP contribution in [-0.4, -0.2) is 20.0 Å². The van der Waals surface area contributed by atoms with E-state index in [0.717, 1.165) is 16.1 Å². The molecule has 1 aromatic carbocycles. The molecule has 88 valence electrons. The van der Waals surface area contributed by atoms with Gasteiger partial charge >= 0.3 is 0 Å². The highest BCUT2D eigenvalue weighted by Crippen LogP contribution is 2.32. The monoisotopic (exact) mass is 245 g/mol. The van der Waals surface area contributed by atoms with Crippen molar-refractivity contribution in [3.8, 4) is 5.69 Å². The molecule has 0 amide bonds. The number of aromatic nitrogens is 3. The third-order valence-electron chi connectivity index (χ3n) is 3.07. The maximum Gasteiger partial charge on any atom is 0.209 e. The quantitative estimate of drug-likeness (QED) is 0.831. The van der Waals surface area contributed by atoms with E-state index in [1.807, 2.05) is 46.8 Å². The largest absolute Gasteiger partial charge is 0.220 e. The van der Waals surface area contributed by atoms with Crippen molar-refractivity contribution >= 4 is 11.8 Å². The van der Waals surface area contributed by atoms with Crippen molar-refractivity contribution < 1.29 is 0 Å². The SMILES string of the molecule is c1ccc(-n2cnc(SC3CCCC3)n2)cc1. The van der Waals surface area contributed by atoms with Crippen molar-refractivity contribution in [3.63, 3.8) is 0 Å². The van der Waals surface area contributed by atoms with Gasteiger partial charge in [-0.15, -0.1) is 5.10 Å². The molecule has 0 bridgehead atoms. The molecule has 1 aliphatic rings. The summed E-state index contributed by atoms with van der Waals surface area (Å²) < 4.78 is 1.84. The molecule has 0 saturated heterocycles. The topological polar surface area (TPSA) is 30.7 Å². The van der Waals surface area contributed by atoms with E-state index in [-0.39, 0.29) is 0 Å². The number of benzene rings is 1. The zero-order valence-corrected chi connectivity index (χ0v) is 10.4. The van der Waals surface area contributed by atoms with Gasteiger partial charge in [-0.1, -0.05) is 42.8 Å². The van der Waals surface area contributed by atoms with Crippen LogP contribution in [0.3, 0.4) is 0 Å². The van der Waals surface area contributed by atoms with E-state index in [4.69, 9.17) is 0 Å². The molecule has 0 aliphatic heterocycles. The predicted molar refractivity (Wildman–Crippen MR) is 69.5 cm³/mol. The predicted octanol–water partition coefficient (Wildman–Crippen LogP) is 3.30. The maximum atomic E-state index is 4.51. The Labute approximate surface area is 105 Å². The minimum absolute atomic E-state index is 0.724. The van der Waals surface area contributed by atoms with Crippen LogP contribution in [0.15, 0.2) is 41.8 Å². The van der Waals surface area contributed by atoms with E-state index in [2.05, 4.69) is 10.1 Å². The van der Waals surface area contributed by atoms with Gasteiger partial charge in [0.1, 0.15) is 6.33 Å². The lowest BCUT2D eigenvalue weighted by molar-refractivity contribution is 0.826. The fraction of sp³-hybridized carbons (Fsp3) is 0.385. The van der Waals surface area contributed by atoms with Crippen LogP contribution in [0.4, 0.5) is 0 Å². The first-order valence-corrected chi connectivity index (χ1v) is 6.93. The molecular weight excluding hydrogens is 230 g/mol. The molecule has 1 heterocycles. The summed E-state index contributed by atoms with van der Waals surface area (Å²) in [6.45, 7) is 0. The Hall–Kier alpha value is -1.29. The highest BCUT2D eigenvalue weighted by atomic mass is 32.2. The van der Waals surface area contributed by atoms with Gasteiger partial charge in [-0.2, -0.15) is 0 Å². The molecule has 17 heavy (non-hydrogen) atoms. The Morgan fingerprint density at radius 3 is 2.65 bits per heavy atom. The minimum Gasteiger partial charge on any atom is -0.220 e. The van der Waals surface area contributed by atoms with Crippen LogP contribution in [0.2, 0.25) is 0 Å². The number of hydrogen-bond acceptors (Lipinski definition) is 3. The molecule has 0 atom stereocenters. The lowest BCUT2D eigenvalue weighted by Gasteiger charge is -2.03. The number of hydrogen-bond donors (Lipinski definition) is 0. The van der Waals surface area contributed by atoms with E-state index in [1.54, 1.807) is 6.33 Å². The van der Waals surface area contributed by atoms with Crippen molar-refractivity contribution in [1.82, 2.24) is 14.8 Å². The van der Waals surface area contributed by atoms with Gasteiger partial charge in [0.15, 0.2) is 0 Å². The molecule has 0 unspecified atom stereocenters. The van der Waals surface area contributed by atoms with Crippen molar-refractivity contribution in [2.45, 2.75) is 36.1 Å². The average Bonchev–Trinajstić information content (AvgIpc) is 3.02. The summed E-state index contributed by atoms with van der Waals surface area (Å²) in [5.74, 6) is 0. The molecular formula is C13H15N3S. The summed E-state index contributed by atoms with van der Waals surface area (Å²) in [6, 6.07) is 10.1. The van der Waals surface area contributed by atoms with Crippen molar-refractivity contribution in [2.75, 3.05) is 0 Å². The third kappa shape index (κ3) is 2.52. The van der Waals surface area contributed by atoms with Gasteiger partial charge in [0.05, 0.1) is 5.69 Å². The Morgan fingerprint density at radius 1 is 1.12 bits per heavy atom. The molecule has 2 aromatic rings. The fourth-order valence-corrected chi connectivity index (χ4v) is 3.27. The second kappa shape index (κ2) is 4.92. The molecule has 1 saturated carbocycles. The summed E-state index contributed by atoms with van der Waals surface area (Å²) in [4.78, 5) is 4.37. The van der Waals surface area contributed by atoms with Crippen LogP contribution < -0.4 is 0 Å². The second-order valence-corrected chi connectivity index (χ2v) is 5.60. The Balaban J connectivity index is 1.74. The summed E-state index contributed by atoms with van der Waals surface area (Å²) >= 11 is 1.82. The van der Waals surface area contributed by atoms with Gasteiger partial charge in [-0.25, -0.2) is 9.67 Å². The zero-order chi connectivity index (χ0) is 11.5. The zero-order valence-electron chi connectivity index (χ0n) is 9.62. The van der Waals surface area contributed by atoms with Gasteiger partial charge < -0.3 is 0 Å². The number of rotatable bonds is 3. The first-order chi connectivity index (χ1) is 8.42. The Kier molecular flexibility index (Phi) is 3.14. The summed E-state index contributed by atoms with van der Waals surface area (Å²) in [6.07, 6.45) is 7.13. The Morgan fingerprint density at radius 2 is 1.88 bits per heavy atom.